The van der Waals surface area contributed by atoms with E-state index in [4.69, 9.17) is 0 Å². The van der Waals surface area contributed by atoms with Crippen LogP contribution in [0, 0.1) is 17.2 Å². The van der Waals surface area contributed by atoms with Crippen molar-refractivity contribution in [3.63, 3.8) is 0 Å². The highest BCUT2D eigenvalue weighted by Gasteiger charge is 2.52. The number of nitriles is 1. The molecular formula is C16H15N3O. The Hall–Kier alpha value is -2.12. The van der Waals surface area contributed by atoms with E-state index in [2.05, 4.69) is 16.0 Å². The van der Waals surface area contributed by atoms with E-state index in [0.29, 0.717) is 24.6 Å². The Morgan fingerprint density at radius 1 is 1.30 bits per heavy atom. The second-order valence-corrected chi connectivity index (χ2v) is 5.88. The summed E-state index contributed by atoms with van der Waals surface area (Å²) in [6, 6.07) is 10.1. The molecule has 1 aliphatic heterocycles. The van der Waals surface area contributed by atoms with Gasteiger partial charge < -0.3 is 10.0 Å². The van der Waals surface area contributed by atoms with Crippen LogP contribution >= 0.6 is 0 Å². The summed E-state index contributed by atoms with van der Waals surface area (Å²) in [5.74, 6) is 0.456. The molecule has 1 saturated heterocycles. The molecule has 1 N–H and O–H groups in total. The van der Waals surface area contributed by atoms with E-state index in [-0.39, 0.29) is 0 Å². The van der Waals surface area contributed by atoms with Crippen molar-refractivity contribution in [1.82, 2.24) is 4.98 Å². The Balaban J connectivity index is 1.77. The fraction of sp³-hybridized carbons (Fsp3) is 0.375. The van der Waals surface area contributed by atoms with Crippen LogP contribution in [0.25, 0.3) is 10.9 Å². The molecule has 20 heavy (non-hydrogen) atoms. The summed E-state index contributed by atoms with van der Waals surface area (Å²) in [5.41, 5.74) is 1.85. The molecule has 0 radical (unpaired) electrons. The standard InChI is InChI=1S/C16H15N3O/c17-7-11-8-18-14-4-2-1-3-13(14)15(11)19-9-16(20,10-19)12-5-6-12/h1-4,8,12,20H,5-6,9-10H2. The molecule has 100 valence electrons. The zero-order valence-electron chi connectivity index (χ0n) is 11.1. The highest BCUT2D eigenvalue weighted by atomic mass is 16.3. The van der Waals surface area contributed by atoms with Gasteiger partial charge in [-0.05, 0) is 24.8 Å². The smallest absolute Gasteiger partial charge is 0.103 e. The molecule has 4 rings (SSSR count). The number of aliphatic hydroxyl groups is 1. The van der Waals surface area contributed by atoms with E-state index in [1.807, 2.05) is 24.3 Å². The van der Waals surface area contributed by atoms with Crippen molar-refractivity contribution in [2.24, 2.45) is 5.92 Å². The van der Waals surface area contributed by atoms with Crippen LogP contribution in [0.15, 0.2) is 30.5 Å². The molecule has 4 heteroatoms. The number of aromatic nitrogens is 1. The Morgan fingerprint density at radius 3 is 2.75 bits per heavy atom. The second kappa shape index (κ2) is 3.94. The Bertz CT molecular complexity index is 724. The number of nitrogens with zero attached hydrogens (tertiary/aromatic N) is 3. The number of rotatable bonds is 2. The summed E-state index contributed by atoms with van der Waals surface area (Å²) < 4.78 is 0. The molecule has 1 aromatic carbocycles. The van der Waals surface area contributed by atoms with Gasteiger partial charge in [-0.3, -0.25) is 4.98 Å². The summed E-state index contributed by atoms with van der Waals surface area (Å²) in [4.78, 5) is 6.44. The van der Waals surface area contributed by atoms with Gasteiger partial charge in [0.15, 0.2) is 0 Å². The van der Waals surface area contributed by atoms with E-state index in [9.17, 15) is 10.4 Å². The average Bonchev–Trinajstić information content (AvgIpc) is 3.27. The number of pyridine rings is 1. The summed E-state index contributed by atoms with van der Waals surface area (Å²) in [6.07, 6.45) is 3.89. The van der Waals surface area contributed by atoms with Crippen LogP contribution < -0.4 is 4.90 Å². The molecule has 2 aliphatic rings. The molecule has 2 aromatic rings. The van der Waals surface area contributed by atoms with Gasteiger partial charge in [-0.25, -0.2) is 0 Å². The molecule has 0 unspecified atom stereocenters. The molecule has 2 heterocycles. The average molecular weight is 265 g/mol. The van der Waals surface area contributed by atoms with Crippen LogP contribution in [-0.2, 0) is 0 Å². The largest absolute Gasteiger partial charge is 0.386 e. The number of hydrogen-bond acceptors (Lipinski definition) is 4. The van der Waals surface area contributed by atoms with Crippen LogP contribution in [-0.4, -0.2) is 28.8 Å². The van der Waals surface area contributed by atoms with Crippen LogP contribution in [0.2, 0.25) is 0 Å². The molecule has 1 aromatic heterocycles. The fourth-order valence-corrected chi connectivity index (χ4v) is 3.20. The predicted molar refractivity (Wildman–Crippen MR) is 76.3 cm³/mol. The van der Waals surface area contributed by atoms with Gasteiger partial charge in [-0.1, -0.05) is 18.2 Å². The van der Waals surface area contributed by atoms with Crippen molar-refractivity contribution >= 4 is 16.6 Å². The van der Waals surface area contributed by atoms with Crippen molar-refractivity contribution in [2.45, 2.75) is 18.4 Å². The third-order valence-corrected chi connectivity index (χ3v) is 4.45. The zero-order valence-corrected chi connectivity index (χ0v) is 11.1. The predicted octanol–water partition coefficient (Wildman–Crippen LogP) is 2.07. The molecule has 0 amide bonds. The third-order valence-electron chi connectivity index (χ3n) is 4.45. The maximum atomic E-state index is 10.5. The lowest BCUT2D eigenvalue weighted by Crippen LogP contribution is -2.63. The number of anilines is 1. The fourth-order valence-electron chi connectivity index (χ4n) is 3.20. The van der Waals surface area contributed by atoms with E-state index >= 15 is 0 Å². The minimum absolute atomic E-state index is 0.456. The van der Waals surface area contributed by atoms with Gasteiger partial charge in [0.1, 0.15) is 11.7 Å². The highest BCUT2D eigenvalue weighted by Crippen LogP contribution is 2.47. The van der Waals surface area contributed by atoms with Gasteiger partial charge >= 0.3 is 0 Å². The summed E-state index contributed by atoms with van der Waals surface area (Å²) in [7, 11) is 0. The van der Waals surface area contributed by atoms with E-state index in [0.717, 1.165) is 29.4 Å². The SMILES string of the molecule is N#Cc1cnc2ccccc2c1N1CC(O)(C2CC2)C1. The molecule has 1 saturated carbocycles. The first kappa shape index (κ1) is 11.7. The molecule has 0 bridgehead atoms. The first-order valence-electron chi connectivity index (χ1n) is 6.96. The molecule has 0 atom stereocenters. The van der Waals surface area contributed by atoms with Crippen LogP contribution in [0.1, 0.15) is 18.4 Å². The molecule has 2 fully saturated rings. The molecule has 4 nitrogen and oxygen atoms in total. The van der Waals surface area contributed by atoms with Crippen molar-refractivity contribution in [3.05, 3.63) is 36.0 Å². The van der Waals surface area contributed by atoms with Crippen molar-refractivity contribution < 1.29 is 5.11 Å². The first-order valence-corrected chi connectivity index (χ1v) is 6.96. The number of benzene rings is 1. The highest BCUT2D eigenvalue weighted by molar-refractivity contribution is 5.94. The van der Waals surface area contributed by atoms with Gasteiger partial charge in [-0.2, -0.15) is 5.26 Å². The summed E-state index contributed by atoms with van der Waals surface area (Å²) in [6.45, 7) is 1.25. The minimum Gasteiger partial charge on any atom is -0.386 e. The normalized spacial score (nSPS) is 20.5. The number of fused-ring (bicyclic) bond motifs is 1. The maximum Gasteiger partial charge on any atom is 0.103 e. The minimum atomic E-state index is -0.545. The van der Waals surface area contributed by atoms with Gasteiger partial charge in [0.25, 0.3) is 0 Å². The quantitative estimate of drug-likeness (QED) is 0.903. The van der Waals surface area contributed by atoms with Crippen molar-refractivity contribution in [2.75, 3.05) is 18.0 Å². The van der Waals surface area contributed by atoms with Crippen LogP contribution in [0.3, 0.4) is 0 Å². The topological polar surface area (TPSA) is 60.2 Å². The summed E-state index contributed by atoms with van der Waals surface area (Å²) in [5, 5.41) is 20.8. The van der Waals surface area contributed by atoms with E-state index < -0.39 is 5.60 Å². The van der Waals surface area contributed by atoms with E-state index in [1.165, 1.54) is 0 Å². The Morgan fingerprint density at radius 2 is 2.05 bits per heavy atom. The van der Waals surface area contributed by atoms with Gasteiger partial charge in [-0.15, -0.1) is 0 Å². The molecular weight excluding hydrogens is 250 g/mol. The van der Waals surface area contributed by atoms with Crippen LogP contribution in [0.4, 0.5) is 5.69 Å². The lowest BCUT2D eigenvalue weighted by molar-refractivity contribution is -0.00917. The summed E-state index contributed by atoms with van der Waals surface area (Å²) >= 11 is 0. The molecule has 0 spiro atoms. The second-order valence-electron chi connectivity index (χ2n) is 5.88. The Kier molecular flexibility index (Phi) is 2.30. The Labute approximate surface area is 117 Å². The third kappa shape index (κ3) is 1.60. The van der Waals surface area contributed by atoms with Gasteiger partial charge in [0.05, 0.1) is 16.8 Å². The number of β-amino-alcohol motifs (C(OH)–C–C–N with tert-alkyl or cyclic N) is 1. The first-order chi connectivity index (χ1) is 9.71. The van der Waals surface area contributed by atoms with Crippen molar-refractivity contribution in [3.8, 4) is 6.07 Å². The number of hydrogen-bond donors (Lipinski definition) is 1. The van der Waals surface area contributed by atoms with Gasteiger partial charge in [0.2, 0.25) is 0 Å². The number of para-hydroxylation sites is 1. The molecule has 1 aliphatic carbocycles. The van der Waals surface area contributed by atoms with Crippen molar-refractivity contribution in [1.29, 1.82) is 5.26 Å². The maximum absolute atomic E-state index is 10.5. The lowest BCUT2D eigenvalue weighted by atomic mass is 9.87. The van der Waals surface area contributed by atoms with E-state index in [1.54, 1.807) is 6.20 Å². The lowest BCUT2D eigenvalue weighted by Gasteiger charge is -2.48. The zero-order chi connectivity index (χ0) is 13.7. The van der Waals surface area contributed by atoms with Crippen LogP contribution in [0.5, 0.6) is 0 Å². The van der Waals surface area contributed by atoms with Gasteiger partial charge in [0, 0.05) is 24.7 Å². The monoisotopic (exact) mass is 265 g/mol.